The Balaban J connectivity index is 2.58. The molecule has 0 aliphatic carbocycles. The topological polar surface area (TPSA) is 54.5 Å². The van der Waals surface area contributed by atoms with Gasteiger partial charge >= 0.3 is 0 Å². The standard InChI is InChI=1S/C16H15BrClNO3S/c1-11-3-9-15(10-4-11)23(21,22)19(12(2)16(18)20)14-7-5-13(17)6-8-14/h3-10,12H,1-2H3. The van der Waals surface area contributed by atoms with Crippen LogP contribution in [-0.2, 0) is 14.8 Å². The molecule has 2 aromatic rings. The molecular weight excluding hydrogens is 402 g/mol. The first-order chi connectivity index (χ1) is 10.7. The number of sulfonamides is 1. The van der Waals surface area contributed by atoms with Crippen molar-refractivity contribution in [1.82, 2.24) is 0 Å². The first-order valence-electron chi connectivity index (χ1n) is 6.79. The van der Waals surface area contributed by atoms with Crippen LogP contribution in [0.5, 0.6) is 0 Å². The number of hydrogen-bond donors (Lipinski definition) is 0. The largest absolute Gasteiger partial charge is 0.279 e. The van der Waals surface area contributed by atoms with Gasteiger partial charge in [-0.05, 0) is 61.8 Å². The van der Waals surface area contributed by atoms with E-state index < -0.39 is 21.3 Å². The highest BCUT2D eigenvalue weighted by Gasteiger charge is 2.32. The summed E-state index contributed by atoms with van der Waals surface area (Å²) < 4.78 is 27.8. The SMILES string of the molecule is Cc1ccc(S(=O)(=O)N(c2ccc(Br)cc2)C(C)C(=O)Cl)cc1. The van der Waals surface area contributed by atoms with Gasteiger partial charge in [0, 0.05) is 4.47 Å². The Morgan fingerprint density at radius 1 is 1.09 bits per heavy atom. The molecule has 1 atom stereocenters. The average molecular weight is 417 g/mol. The highest BCUT2D eigenvalue weighted by molar-refractivity contribution is 9.10. The number of hydrogen-bond acceptors (Lipinski definition) is 3. The Morgan fingerprint density at radius 3 is 2.09 bits per heavy atom. The Kier molecular flexibility index (Phi) is 5.49. The van der Waals surface area contributed by atoms with Gasteiger partial charge in [0.15, 0.2) is 0 Å². The maximum absolute atomic E-state index is 13.0. The van der Waals surface area contributed by atoms with Gasteiger partial charge in [0.2, 0.25) is 5.24 Å². The van der Waals surface area contributed by atoms with Crippen molar-refractivity contribution in [1.29, 1.82) is 0 Å². The average Bonchev–Trinajstić information content (AvgIpc) is 2.49. The molecule has 0 radical (unpaired) electrons. The van der Waals surface area contributed by atoms with Gasteiger partial charge in [-0.2, -0.15) is 0 Å². The zero-order valence-electron chi connectivity index (χ0n) is 12.5. The van der Waals surface area contributed by atoms with E-state index in [0.717, 1.165) is 14.3 Å². The minimum absolute atomic E-state index is 0.107. The lowest BCUT2D eigenvalue weighted by Gasteiger charge is -2.28. The lowest BCUT2D eigenvalue weighted by Crippen LogP contribution is -2.42. The molecular formula is C16H15BrClNO3S. The minimum atomic E-state index is -3.92. The van der Waals surface area contributed by atoms with Crippen LogP contribution in [0.25, 0.3) is 0 Å². The quantitative estimate of drug-likeness (QED) is 0.689. The molecule has 0 amide bonds. The highest BCUT2D eigenvalue weighted by atomic mass is 79.9. The Labute approximate surface area is 149 Å². The Bertz CT molecular complexity index is 804. The Morgan fingerprint density at radius 2 is 1.61 bits per heavy atom. The van der Waals surface area contributed by atoms with Crippen molar-refractivity contribution < 1.29 is 13.2 Å². The van der Waals surface area contributed by atoms with Crippen molar-refractivity contribution in [2.24, 2.45) is 0 Å². The molecule has 2 aromatic carbocycles. The minimum Gasteiger partial charge on any atom is -0.279 e. The van der Waals surface area contributed by atoms with E-state index in [-0.39, 0.29) is 4.90 Å². The third kappa shape index (κ3) is 3.94. The van der Waals surface area contributed by atoms with Gasteiger partial charge in [0.25, 0.3) is 10.0 Å². The summed E-state index contributed by atoms with van der Waals surface area (Å²) in [6, 6.07) is 12.1. The van der Waals surface area contributed by atoms with Crippen LogP contribution in [0.15, 0.2) is 57.9 Å². The molecule has 23 heavy (non-hydrogen) atoms. The van der Waals surface area contributed by atoms with E-state index in [2.05, 4.69) is 15.9 Å². The maximum Gasteiger partial charge on any atom is 0.265 e. The van der Waals surface area contributed by atoms with Crippen LogP contribution < -0.4 is 4.31 Å². The Hall–Kier alpha value is -1.37. The van der Waals surface area contributed by atoms with Gasteiger partial charge in [0.05, 0.1) is 10.6 Å². The predicted octanol–water partition coefficient (Wildman–Crippen LogP) is 4.11. The second-order valence-electron chi connectivity index (χ2n) is 5.07. The summed E-state index contributed by atoms with van der Waals surface area (Å²) in [6.45, 7) is 3.33. The summed E-state index contributed by atoms with van der Waals surface area (Å²) in [7, 11) is -3.92. The number of halogens is 2. The van der Waals surface area contributed by atoms with Crippen molar-refractivity contribution in [2.75, 3.05) is 4.31 Å². The molecule has 2 rings (SSSR count). The lowest BCUT2D eigenvalue weighted by molar-refractivity contribution is -0.112. The number of aryl methyl sites for hydroxylation is 1. The fourth-order valence-corrected chi connectivity index (χ4v) is 4.11. The maximum atomic E-state index is 13.0. The number of rotatable bonds is 5. The van der Waals surface area contributed by atoms with Crippen molar-refractivity contribution >= 4 is 48.5 Å². The van der Waals surface area contributed by atoms with Gasteiger partial charge < -0.3 is 0 Å². The van der Waals surface area contributed by atoms with Crippen LogP contribution in [0.3, 0.4) is 0 Å². The third-order valence-corrected chi connectivity index (χ3v) is 6.10. The van der Waals surface area contributed by atoms with E-state index in [4.69, 9.17) is 11.6 Å². The normalized spacial score (nSPS) is 12.7. The number of benzene rings is 2. The van der Waals surface area contributed by atoms with Crippen LogP contribution in [0.4, 0.5) is 5.69 Å². The zero-order chi connectivity index (χ0) is 17.2. The first-order valence-corrected chi connectivity index (χ1v) is 9.40. The smallest absolute Gasteiger partial charge is 0.265 e. The summed E-state index contributed by atoms with van der Waals surface area (Å²) >= 11 is 8.87. The third-order valence-electron chi connectivity index (χ3n) is 3.34. The summed E-state index contributed by atoms with van der Waals surface area (Å²) in [6.07, 6.45) is 0. The molecule has 0 N–H and O–H groups in total. The van der Waals surface area contributed by atoms with Crippen molar-refractivity contribution in [3.63, 3.8) is 0 Å². The van der Waals surface area contributed by atoms with E-state index in [9.17, 15) is 13.2 Å². The van der Waals surface area contributed by atoms with E-state index in [1.807, 2.05) is 6.92 Å². The van der Waals surface area contributed by atoms with Gasteiger partial charge in [-0.1, -0.05) is 33.6 Å². The number of carbonyl (C=O) groups excluding carboxylic acids is 1. The van der Waals surface area contributed by atoms with E-state index in [0.29, 0.717) is 5.69 Å². The molecule has 0 aliphatic rings. The van der Waals surface area contributed by atoms with Gasteiger partial charge in [0.1, 0.15) is 6.04 Å². The van der Waals surface area contributed by atoms with Crippen LogP contribution in [0.1, 0.15) is 12.5 Å². The summed E-state index contributed by atoms with van der Waals surface area (Å²) in [5, 5.41) is -0.747. The number of anilines is 1. The lowest BCUT2D eigenvalue weighted by atomic mass is 10.2. The second kappa shape index (κ2) is 7.03. The molecule has 0 fully saturated rings. The summed E-state index contributed by atoms with van der Waals surface area (Å²) in [4.78, 5) is 11.7. The molecule has 0 aliphatic heterocycles. The molecule has 0 saturated carbocycles. The van der Waals surface area contributed by atoms with Crippen LogP contribution in [-0.4, -0.2) is 19.7 Å². The number of nitrogens with zero attached hydrogens (tertiary/aromatic N) is 1. The molecule has 122 valence electrons. The van der Waals surface area contributed by atoms with Gasteiger partial charge in [-0.3, -0.25) is 9.10 Å². The van der Waals surface area contributed by atoms with Crippen LogP contribution in [0.2, 0.25) is 0 Å². The van der Waals surface area contributed by atoms with Gasteiger partial charge in [-0.25, -0.2) is 8.42 Å². The fourth-order valence-electron chi connectivity index (χ4n) is 2.07. The monoisotopic (exact) mass is 415 g/mol. The zero-order valence-corrected chi connectivity index (χ0v) is 15.7. The molecule has 0 bridgehead atoms. The van der Waals surface area contributed by atoms with Crippen LogP contribution >= 0.6 is 27.5 Å². The van der Waals surface area contributed by atoms with E-state index in [1.165, 1.54) is 19.1 Å². The predicted molar refractivity (Wildman–Crippen MR) is 95.3 cm³/mol. The van der Waals surface area contributed by atoms with Crippen LogP contribution in [0, 0.1) is 6.92 Å². The number of carbonyl (C=O) groups is 1. The highest BCUT2D eigenvalue weighted by Crippen LogP contribution is 2.28. The summed E-state index contributed by atoms with van der Waals surface area (Å²) in [5.41, 5.74) is 1.32. The first kappa shape index (κ1) is 18.0. The molecule has 4 nitrogen and oxygen atoms in total. The molecule has 7 heteroatoms. The molecule has 0 saturated heterocycles. The van der Waals surface area contributed by atoms with Crippen molar-refractivity contribution in [2.45, 2.75) is 24.8 Å². The molecule has 0 aromatic heterocycles. The second-order valence-corrected chi connectivity index (χ2v) is 8.17. The molecule has 0 heterocycles. The summed E-state index contributed by atoms with van der Waals surface area (Å²) in [5.74, 6) is 0. The van der Waals surface area contributed by atoms with Crippen molar-refractivity contribution in [3.8, 4) is 0 Å². The molecule has 1 unspecified atom stereocenters. The van der Waals surface area contributed by atoms with Gasteiger partial charge in [-0.15, -0.1) is 0 Å². The molecule has 0 spiro atoms. The fraction of sp³-hybridized carbons (Fsp3) is 0.188. The van der Waals surface area contributed by atoms with E-state index in [1.54, 1.807) is 36.4 Å². The van der Waals surface area contributed by atoms with Crippen molar-refractivity contribution in [3.05, 3.63) is 58.6 Å². The van der Waals surface area contributed by atoms with E-state index >= 15 is 0 Å².